The monoisotopic (exact) mass is 209 g/mol. The lowest BCUT2D eigenvalue weighted by Gasteiger charge is -2.22. The van der Waals surface area contributed by atoms with E-state index in [2.05, 4.69) is 25.8 Å². The molecule has 15 heavy (non-hydrogen) atoms. The minimum absolute atomic E-state index is 0.0661. The SMILES string of the molecule is COc1cc(C(C)(C)C)c(C)nc1OC. The molecule has 3 nitrogen and oxygen atoms in total. The molecule has 0 unspecified atom stereocenters. The van der Waals surface area contributed by atoms with Gasteiger partial charge < -0.3 is 9.47 Å². The van der Waals surface area contributed by atoms with Gasteiger partial charge in [-0.05, 0) is 24.0 Å². The Kier molecular flexibility index (Phi) is 3.22. The first-order valence-electron chi connectivity index (χ1n) is 5.00. The second kappa shape index (κ2) is 4.09. The van der Waals surface area contributed by atoms with Crippen molar-refractivity contribution in [1.29, 1.82) is 0 Å². The molecule has 1 heterocycles. The highest BCUT2D eigenvalue weighted by Gasteiger charge is 2.20. The van der Waals surface area contributed by atoms with Gasteiger partial charge in [0.25, 0.3) is 5.88 Å². The van der Waals surface area contributed by atoms with Crippen molar-refractivity contribution >= 4 is 0 Å². The zero-order valence-electron chi connectivity index (χ0n) is 10.3. The molecule has 0 aliphatic rings. The molecule has 0 radical (unpaired) electrons. The van der Waals surface area contributed by atoms with Crippen molar-refractivity contribution in [1.82, 2.24) is 4.98 Å². The zero-order valence-corrected chi connectivity index (χ0v) is 10.3. The third-order valence-corrected chi connectivity index (χ3v) is 2.37. The number of hydrogen-bond donors (Lipinski definition) is 0. The topological polar surface area (TPSA) is 31.4 Å². The molecule has 0 saturated heterocycles. The highest BCUT2D eigenvalue weighted by molar-refractivity contribution is 5.42. The van der Waals surface area contributed by atoms with E-state index in [1.165, 1.54) is 5.56 Å². The fraction of sp³-hybridized carbons (Fsp3) is 0.583. The van der Waals surface area contributed by atoms with Gasteiger partial charge in [-0.2, -0.15) is 0 Å². The molecule has 0 aromatic carbocycles. The summed E-state index contributed by atoms with van der Waals surface area (Å²) in [6, 6.07) is 2.00. The van der Waals surface area contributed by atoms with E-state index < -0.39 is 0 Å². The van der Waals surface area contributed by atoms with E-state index in [1.807, 2.05) is 13.0 Å². The van der Waals surface area contributed by atoms with Gasteiger partial charge in [-0.15, -0.1) is 0 Å². The first kappa shape index (κ1) is 11.8. The lowest BCUT2D eigenvalue weighted by Crippen LogP contribution is -2.14. The Morgan fingerprint density at radius 2 is 1.73 bits per heavy atom. The number of methoxy groups -OCH3 is 2. The normalized spacial score (nSPS) is 11.3. The van der Waals surface area contributed by atoms with E-state index in [-0.39, 0.29) is 5.41 Å². The van der Waals surface area contributed by atoms with Gasteiger partial charge in [0.1, 0.15) is 0 Å². The van der Waals surface area contributed by atoms with Crippen LogP contribution in [0.5, 0.6) is 11.6 Å². The van der Waals surface area contributed by atoms with E-state index in [4.69, 9.17) is 9.47 Å². The molecule has 3 heteroatoms. The Bertz CT molecular complexity index is 353. The summed E-state index contributed by atoms with van der Waals surface area (Å²) in [7, 11) is 3.22. The quantitative estimate of drug-likeness (QED) is 0.750. The van der Waals surface area contributed by atoms with Crippen LogP contribution in [-0.2, 0) is 5.41 Å². The van der Waals surface area contributed by atoms with Crippen LogP contribution < -0.4 is 9.47 Å². The summed E-state index contributed by atoms with van der Waals surface area (Å²) in [6.07, 6.45) is 0. The minimum atomic E-state index is 0.0661. The van der Waals surface area contributed by atoms with E-state index in [1.54, 1.807) is 14.2 Å². The molecule has 0 aliphatic carbocycles. The maximum atomic E-state index is 5.24. The summed E-state index contributed by atoms with van der Waals surface area (Å²) in [5.74, 6) is 1.23. The molecule has 0 saturated carbocycles. The highest BCUT2D eigenvalue weighted by Crippen LogP contribution is 2.33. The number of ether oxygens (including phenoxy) is 2. The molecule has 0 aliphatic heterocycles. The van der Waals surface area contributed by atoms with Crippen molar-refractivity contribution in [3.05, 3.63) is 17.3 Å². The minimum Gasteiger partial charge on any atom is -0.491 e. The zero-order chi connectivity index (χ0) is 11.6. The van der Waals surface area contributed by atoms with Crippen LogP contribution in [0, 0.1) is 6.92 Å². The summed E-state index contributed by atoms with van der Waals surface area (Å²) in [6.45, 7) is 8.46. The first-order chi connectivity index (χ1) is 6.90. The van der Waals surface area contributed by atoms with Gasteiger partial charge in [0.15, 0.2) is 5.75 Å². The highest BCUT2D eigenvalue weighted by atomic mass is 16.5. The molecule has 0 bridgehead atoms. The molecule has 1 rings (SSSR count). The van der Waals surface area contributed by atoms with Gasteiger partial charge in [-0.3, -0.25) is 0 Å². The van der Waals surface area contributed by atoms with E-state index in [0.29, 0.717) is 11.6 Å². The van der Waals surface area contributed by atoms with E-state index >= 15 is 0 Å². The summed E-state index contributed by atoms with van der Waals surface area (Å²) in [5.41, 5.74) is 2.23. The predicted molar refractivity (Wildman–Crippen MR) is 60.8 cm³/mol. The Hall–Kier alpha value is -1.25. The van der Waals surface area contributed by atoms with Crippen molar-refractivity contribution in [2.75, 3.05) is 14.2 Å². The average molecular weight is 209 g/mol. The molecule has 0 N–H and O–H groups in total. The molecular formula is C12H19NO2. The average Bonchev–Trinajstić information content (AvgIpc) is 2.15. The van der Waals surface area contributed by atoms with Crippen molar-refractivity contribution in [2.45, 2.75) is 33.1 Å². The molecular weight excluding hydrogens is 190 g/mol. The van der Waals surface area contributed by atoms with Crippen molar-refractivity contribution in [3.8, 4) is 11.6 Å². The summed E-state index contributed by atoms with van der Waals surface area (Å²) < 4.78 is 10.4. The molecule has 0 spiro atoms. The number of aromatic nitrogens is 1. The fourth-order valence-corrected chi connectivity index (χ4v) is 1.62. The van der Waals surface area contributed by atoms with Crippen molar-refractivity contribution in [2.24, 2.45) is 0 Å². The van der Waals surface area contributed by atoms with Gasteiger partial charge in [-0.1, -0.05) is 20.8 Å². The Morgan fingerprint density at radius 1 is 1.13 bits per heavy atom. The van der Waals surface area contributed by atoms with Crippen molar-refractivity contribution in [3.63, 3.8) is 0 Å². The molecule has 0 amide bonds. The number of hydrogen-bond acceptors (Lipinski definition) is 3. The van der Waals surface area contributed by atoms with Gasteiger partial charge in [-0.25, -0.2) is 4.98 Å². The smallest absolute Gasteiger partial charge is 0.256 e. The standard InChI is InChI=1S/C12H19NO2/c1-8-9(12(2,3)4)7-10(14-5)11(13-8)15-6/h7H,1-6H3. The summed E-state index contributed by atoms with van der Waals surface area (Å²) >= 11 is 0. The predicted octanol–water partition coefficient (Wildman–Crippen LogP) is 2.70. The lowest BCUT2D eigenvalue weighted by molar-refractivity contribution is 0.340. The van der Waals surface area contributed by atoms with Gasteiger partial charge >= 0.3 is 0 Å². The van der Waals surface area contributed by atoms with Crippen LogP contribution in [0.1, 0.15) is 32.0 Å². The van der Waals surface area contributed by atoms with Gasteiger partial charge in [0, 0.05) is 5.69 Å². The number of aryl methyl sites for hydroxylation is 1. The molecule has 1 aromatic heterocycles. The van der Waals surface area contributed by atoms with Crippen LogP contribution >= 0.6 is 0 Å². The van der Waals surface area contributed by atoms with Gasteiger partial charge in [0.2, 0.25) is 0 Å². The largest absolute Gasteiger partial charge is 0.491 e. The van der Waals surface area contributed by atoms with E-state index in [9.17, 15) is 0 Å². The van der Waals surface area contributed by atoms with Gasteiger partial charge in [0.05, 0.1) is 14.2 Å². The summed E-state index contributed by atoms with van der Waals surface area (Å²) in [5, 5.41) is 0. The number of nitrogens with zero attached hydrogens (tertiary/aromatic N) is 1. The third-order valence-electron chi connectivity index (χ3n) is 2.37. The second-order valence-electron chi connectivity index (χ2n) is 4.58. The number of rotatable bonds is 2. The van der Waals surface area contributed by atoms with Crippen LogP contribution in [0.25, 0.3) is 0 Å². The number of pyridine rings is 1. The molecule has 1 aromatic rings. The van der Waals surface area contributed by atoms with Crippen LogP contribution in [0.3, 0.4) is 0 Å². The lowest BCUT2D eigenvalue weighted by atomic mass is 9.86. The second-order valence-corrected chi connectivity index (χ2v) is 4.58. The third kappa shape index (κ3) is 2.41. The summed E-state index contributed by atoms with van der Waals surface area (Å²) in [4.78, 5) is 4.38. The van der Waals surface area contributed by atoms with Crippen LogP contribution in [0.4, 0.5) is 0 Å². The Labute approximate surface area is 91.4 Å². The first-order valence-corrected chi connectivity index (χ1v) is 5.00. The Balaban J connectivity index is 3.32. The molecule has 0 atom stereocenters. The Morgan fingerprint density at radius 3 is 2.13 bits per heavy atom. The maximum absolute atomic E-state index is 5.24. The van der Waals surface area contributed by atoms with Crippen molar-refractivity contribution < 1.29 is 9.47 Å². The fourth-order valence-electron chi connectivity index (χ4n) is 1.62. The van der Waals surface area contributed by atoms with Crippen LogP contribution in [0.2, 0.25) is 0 Å². The molecule has 0 fully saturated rings. The maximum Gasteiger partial charge on any atom is 0.256 e. The van der Waals surface area contributed by atoms with Crippen LogP contribution in [-0.4, -0.2) is 19.2 Å². The van der Waals surface area contributed by atoms with E-state index in [0.717, 1.165) is 5.69 Å². The molecule has 84 valence electrons. The van der Waals surface area contributed by atoms with Crippen LogP contribution in [0.15, 0.2) is 6.07 Å².